The zero-order valence-electron chi connectivity index (χ0n) is 10.5. The minimum absolute atomic E-state index is 0.0331. The van der Waals surface area contributed by atoms with E-state index in [-0.39, 0.29) is 18.4 Å². The molecule has 1 unspecified atom stereocenters. The lowest BCUT2D eigenvalue weighted by molar-refractivity contribution is -0.139. The lowest BCUT2D eigenvalue weighted by atomic mass is 10.1. The van der Waals surface area contributed by atoms with Gasteiger partial charge in [0.2, 0.25) is 5.91 Å². The van der Waals surface area contributed by atoms with Crippen molar-refractivity contribution in [3.63, 3.8) is 0 Å². The summed E-state index contributed by atoms with van der Waals surface area (Å²) in [4.78, 5) is 24.8. The van der Waals surface area contributed by atoms with Crippen molar-refractivity contribution in [3.8, 4) is 0 Å². The van der Waals surface area contributed by atoms with Gasteiger partial charge in [-0.2, -0.15) is 0 Å². The number of rotatable bonds is 4. The summed E-state index contributed by atoms with van der Waals surface area (Å²) in [6.07, 6.45) is 2.10. The van der Waals surface area contributed by atoms with E-state index in [1.807, 2.05) is 24.3 Å². The van der Waals surface area contributed by atoms with Crippen molar-refractivity contribution >= 4 is 34.5 Å². The van der Waals surface area contributed by atoms with E-state index in [1.54, 1.807) is 4.90 Å². The van der Waals surface area contributed by atoms with Crippen molar-refractivity contribution in [2.75, 3.05) is 6.54 Å². The van der Waals surface area contributed by atoms with E-state index >= 15 is 0 Å². The highest BCUT2D eigenvalue weighted by Crippen LogP contribution is 2.21. The smallest absolute Gasteiger partial charge is 0.305 e. The molecular weight excluding hydrogens is 357 g/mol. The van der Waals surface area contributed by atoms with E-state index in [9.17, 15) is 9.59 Å². The summed E-state index contributed by atoms with van der Waals surface area (Å²) < 4.78 is 1.10. The maximum atomic E-state index is 12.2. The fourth-order valence-corrected chi connectivity index (χ4v) is 3.11. The van der Waals surface area contributed by atoms with Crippen molar-refractivity contribution in [3.05, 3.63) is 33.4 Å². The van der Waals surface area contributed by atoms with Gasteiger partial charge in [-0.05, 0) is 53.1 Å². The number of nitrogens with zero attached hydrogens (tertiary/aromatic N) is 1. The highest BCUT2D eigenvalue weighted by atomic mass is 127. The quantitative estimate of drug-likeness (QED) is 0.825. The second kappa shape index (κ2) is 6.36. The van der Waals surface area contributed by atoms with Crippen LogP contribution in [0.5, 0.6) is 0 Å². The van der Waals surface area contributed by atoms with Gasteiger partial charge in [-0.25, -0.2) is 0 Å². The Labute approximate surface area is 125 Å². The largest absolute Gasteiger partial charge is 0.481 e. The van der Waals surface area contributed by atoms with Crippen LogP contribution in [0.3, 0.4) is 0 Å². The number of aliphatic carboxylic acids is 1. The summed E-state index contributed by atoms with van der Waals surface area (Å²) in [5.74, 6) is -0.801. The number of benzene rings is 1. The summed E-state index contributed by atoms with van der Waals surface area (Å²) in [5, 5.41) is 8.86. The summed E-state index contributed by atoms with van der Waals surface area (Å²) in [7, 11) is 0. The minimum Gasteiger partial charge on any atom is -0.481 e. The Morgan fingerprint density at radius 1 is 1.42 bits per heavy atom. The molecule has 0 bridgehead atoms. The van der Waals surface area contributed by atoms with Crippen molar-refractivity contribution < 1.29 is 14.7 Å². The van der Waals surface area contributed by atoms with Gasteiger partial charge in [0, 0.05) is 16.2 Å². The third-order valence-electron chi connectivity index (χ3n) is 3.35. The molecule has 1 aromatic carbocycles. The first-order valence-corrected chi connectivity index (χ1v) is 7.40. The van der Waals surface area contributed by atoms with Crippen molar-refractivity contribution in [2.45, 2.75) is 31.7 Å². The first kappa shape index (κ1) is 14.3. The monoisotopic (exact) mass is 373 g/mol. The fourth-order valence-electron chi connectivity index (χ4n) is 2.50. The number of hydrogen-bond acceptors (Lipinski definition) is 2. The second-order valence-electron chi connectivity index (χ2n) is 4.79. The standard InChI is InChI=1S/C14H16INO3/c15-11-4-1-3-10(7-11)8-13(17)16-6-2-5-12(16)9-14(18)19/h1,3-4,7,12H,2,5-6,8-9H2,(H,18,19). The average Bonchev–Trinajstić information content (AvgIpc) is 2.76. The molecule has 0 radical (unpaired) electrons. The molecule has 5 heteroatoms. The Balaban J connectivity index is 2.01. The van der Waals surface area contributed by atoms with Crippen LogP contribution in [-0.4, -0.2) is 34.5 Å². The van der Waals surface area contributed by atoms with Gasteiger partial charge in [-0.15, -0.1) is 0 Å². The molecule has 1 N–H and O–H groups in total. The molecule has 19 heavy (non-hydrogen) atoms. The normalized spacial score (nSPS) is 18.6. The first-order valence-electron chi connectivity index (χ1n) is 6.32. The van der Waals surface area contributed by atoms with Crippen LogP contribution in [0.4, 0.5) is 0 Å². The van der Waals surface area contributed by atoms with E-state index in [4.69, 9.17) is 5.11 Å². The fraction of sp³-hybridized carbons (Fsp3) is 0.429. The van der Waals surface area contributed by atoms with Gasteiger partial charge in [-0.1, -0.05) is 12.1 Å². The first-order chi connectivity index (χ1) is 9.06. The predicted octanol–water partition coefficient (Wildman–Crippen LogP) is 2.30. The average molecular weight is 373 g/mol. The van der Waals surface area contributed by atoms with Crippen LogP contribution in [0.1, 0.15) is 24.8 Å². The van der Waals surface area contributed by atoms with Gasteiger partial charge in [0.1, 0.15) is 0 Å². The number of likely N-dealkylation sites (tertiary alicyclic amines) is 1. The molecule has 2 rings (SSSR count). The second-order valence-corrected chi connectivity index (χ2v) is 6.03. The lowest BCUT2D eigenvalue weighted by Gasteiger charge is -2.23. The van der Waals surface area contributed by atoms with Crippen LogP contribution in [0.2, 0.25) is 0 Å². The molecule has 1 heterocycles. The number of carboxylic acids is 1. The van der Waals surface area contributed by atoms with Gasteiger partial charge in [0.15, 0.2) is 0 Å². The molecule has 0 aliphatic carbocycles. The van der Waals surface area contributed by atoms with Gasteiger partial charge >= 0.3 is 5.97 Å². The molecule has 1 fully saturated rings. The van der Waals surface area contributed by atoms with Crippen LogP contribution in [-0.2, 0) is 16.0 Å². The van der Waals surface area contributed by atoms with E-state index in [0.717, 1.165) is 22.0 Å². The summed E-state index contributed by atoms with van der Waals surface area (Å²) in [6.45, 7) is 0.681. The van der Waals surface area contributed by atoms with E-state index in [0.29, 0.717) is 13.0 Å². The number of amides is 1. The maximum absolute atomic E-state index is 12.2. The zero-order chi connectivity index (χ0) is 13.8. The molecule has 4 nitrogen and oxygen atoms in total. The van der Waals surface area contributed by atoms with Crippen LogP contribution in [0.25, 0.3) is 0 Å². The highest BCUT2D eigenvalue weighted by Gasteiger charge is 2.30. The lowest BCUT2D eigenvalue weighted by Crippen LogP contribution is -2.37. The third-order valence-corrected chi connectivity index (χ3v) is 4.02. The Morgan fingerprint density at radius 2 is 2.21 bits per heavy atom. The predicted molar refractivity (Wildman–Crippen MR) is 79.9 cm³/mol. The summed E-state index contributed by atoms with van der Waals surface area (Å²) >= 11 is 2.22. The molecular formula is C14H16INO3. The van der Waals surface area contributed by atoms with Crippen LogP contribution >= 0.6 is 22.6 Å². The van der Waals surface area contributed by atoms with Gasteiger partial charge < -0.3 is 10.0 Å². The highest BCUT2D eigenvalue weighted by molar-refractivity contribution is 14.1. The van der Waals surface area contributed by atoms with Gasteiger partial charge in [0.05, 0.1) is 12.8 Å². The van der Waals surface area contributed by atoms with Crippen LogP contribution < -0.4 is 0 Å². The summed E-state index contributed by atoms with van der Waals surface area (Å²) in [6, 6.07) is 7.71. The molecule has 1 saturated heterocycles. The summed E-state index contributed by atoms with van der Waals surface area (Å²) in [5.41, 5.74) is 0.984. The number of carbonyl (C=O) groups excluding carboxylic acids is 1. The minimum atomic E-state index is -0.834. The number of carbonyl (C=O) groups is 2. The Morgan fingerprint density at radius 3 is 2.89 bits per heavy atom. The third kappa shape index (κ3) is 3.92. The van der Waals surface area contributed by atoms with E-state index in [2.05, 4.69) is 22.6 Å². The molecule has 1 aliphatic rings. The molecule has 1 aromatic rings. The van der Waals surface area contributed by atoms with Crippen molar-refractivity contribution in [1.82, 2.24) is 4.90 Å². The molecule has 1 aliphatic heterocycles. The maximum Gasteiger partial charge on any atom is 0.305 e. The SMILES string of the molecule is O=C(O)CC1CCCN1C(=O)Cc1cccc(I)c1. The molecule has 0 aromatic heterocycles. The molecule has 1 atom stereocenters. The van der Waals surface area contributed by atoms with E-state index in [1.165, 1.54) is 0 Å². The zero-order valence-corrected chi connectivity index (χ0v) is 12.7. The number of hydrogen-bond donors (Lipinski definition) is 1. The molecule has 1 amide bonds. The van der Waals surface area contributed by atoms with Gasteiger partial charge in [-0.3, -0.25) is 9.59 Å². The van der Waals surface area contributed by atoms with Crippen molar-refractivity contribution in [1.29, 1.82) is 0 Å². The number of carboxylic acid groups (broad SMARTS) is 1. The molecule has 102 valence electrons. The molecule has 0 spiro atoms. The Kier molecular flexibility index (Phi) is 4.79. The topological polar surface area (TPSA) is 57.6 Å². The van der Waals surface area contributed by atoms with E-state index < -0.39 is 5.97 Å². The van der Waals surface area contributed by atoms with Gasteiger partial charge in [0.25, 0.3) is 0 Å². The van der Waals surface area contributed by atoms with Crippen LogP contribution in [0.15, 0.2) is 24.3 Å². The Bertz CT molecular complexity index is 489. The molecule has 0 saturated carbocycles. The Hall–Kier alpha value is -1.11. The van der Waals surface area contributed by atoms with Crippen LogP contribution in [0, 0.1) is 3.57 Å². The van der Waals surface area contributed by atoms with Crippen molar-refractivity contribution in [2.24, 2.45) is 0 Å². The number of halogens is 1.